The van der Waals surface area contributed by atoms with Crippen LogP contribution in [0.2, 0.25) is 0 Å². The van der Waals surface area contributed by atoms with Gasteiger partial charge in [0, 0.05) is 17.7 Å². The van der Waals surface area contributed by atoms with E-state index in [1.54, 1.807) is 36.4 Å². The first-order valence-corrected chi connectivity index (χ1v) is 5.75. The van der Waals surface area contributed by atoms with E-state index in [-0.39, 0.29) is 11.4 Å². The summed E-state index contributed by atoms with van der Waals surface area (Å²) in [5.41, 5.74) is 1.29. The van der Waals surface area contributed by atoms with Gasteiger partial charge in [-0.2, -0.15) is 10.2 Å². The second-order valence-electron chi connectivity index (χ2n) is 3.90. The molecule has 0 atom stereocenters. The van der Waals surface area contributed by atoms with E-state index in [1.165, 1.54) is 24.6 Å². The summed E-state index contributed by atoms with van der Waals surface area (Å²) >= 11 is 0. The van der Waals surface area contributed by atoms with Gasteiger partial charge in [-0.3, -0.25) is 10.1 Å². The predicted molar refractivity (Wildman–Crippen MR) is 76.4 cm³/mol. The molecule has 1 N–H and O–H groups in total. The standard InChI is InChI=1S/C14H11N3O3/c18-14-4-2-1-3-12(14)10-16-15-9-11-5-7-13(8-6-11)17(19)20/h1-10,18H. The van der Waals surface area contributed by atoms with Crippen molar-refractivity contribution in [3.05, 3.63) is 69.8 Å². The summed E-state index contributed by atoms with van der Waals surface area (Å²) in [5, 5.41) is 27.6. The number of benzene rings is 2. The van der Waals surface area contributed by atoms with Gasteiger partial charge in [-0.15, -0.1) is 0 Å². The molecule has 0 spiro atoms. The van der Waals surface area contributed by atoms with Crippen molar-refractivity contribution in [3.63, 3.8) is 0 Å². The van der Waals surface area contributed by atoms with Crippen LogP contribution >= 0.6 is 0 Å². The second kappa shape index (κ2) is 6.24. The fraction of sp³-hybridized carbons (Fsp3) is 0. The van der Waals surface area contributed by atoms with E-state index >= 15 is 0 Å². The van der Waals surface area contributed by atoms with Gasteiger partial charge in [0.15, 0.2) is 0 Å². The minimum absolute atomic E-state index is 0.0276. The summed E-state index contributed by atoms with van der Waals surface area (Å²) in [6.45, 7) is 0. The Kier molecular flexibility index (Phi) is 4.18. The predicted octanol–water partition coefficient (Wildman–Crippen LogP) is 2.75. The average Bonchev–Trinajstić information content (AvgIpc) is 2.46. The lowest BCUT2D eigenvalue weighted by atomic mass is 10.2. The van der Waals surface area contributed by atoms with Crippen LogP contribution in [0, 0.1) is 10.1 Å². The SMILES string of the molecule is O=[N+]([O-])c1ccc(C=NN=Cc2ccccc2O)cc1. The van der Waals surface area contributed by atoms with Crippen LogP contribution in [0.5, 0.6) is 5.75 Å². The first-order chi connectivity index (χ1) is 9.66. The molecule has 6 nitrogen and oxygen atoms in total. The van der Waals surface area contributed by atoms with E-state index in [0.717, 1.165) is 0 Å². The van der Waals surface area contributed by atoms with Crippen LogP contribution in [0.25, 0.3) is 0 Å². The van der Waals surface area contributed by atoms with Crippen LogP contribution in [0.3, 0.4) is 0 Å². The van der Waals surface area contributed by atoms with Gasteiger partial charge in [0.05, 0.1) is 17.4 Å². The Morgan fingerprint density at radius 1 is 1.00 bits per heavy atom. The van der Waals surface area contributed by atoms with Crippen molar-refractivity contribution in [1.82, 2.24) is 0 Å². The highest BCUT2D eigenvalue weighted by atomic mass is 16.6. The molecule has 2 rings (SSSR count). The zero-order valence-electron chi connectivity index (χ0n) is 10.4. The van der Waals surface area contributed by atoms with E-state index in [1.807, 2.05) is 0 Å². The molecule has 0 saturated carbocycles. The first kappa shape index (κ1) is 13.4. The van der Waals surface area contributed by atoms with E-state index in [4.69, 9.17) is 0 Å². The fourth-order valence-corrected chi connectivity index (χ4v) is 1.47. The Bertz CT molecular complexity index is 664. The molecule has 2 aromatic rings. The van der Waals surface area contributed by atoms with Crippen LogP contribution in [0.4, 0.5) is 5.69 Å². The molecule has 0 radical (unpaired) electrons. The molecule has 2 aromatic carbocycles. The zero-order chi connectivity index (χ0) is 14.4. The number of non-ortho nitro benzene ring substituents is 1. The van der Waals surface area contributed by atoms with Gasteiger partial charge in [0.25, 0.3) is 5.69 Å². The molecule has 0 fully saturated rings. The number of hydrogen-bond donors (Lipinski definition) is 1. The molecule has 0 aliphatic carbocycles. The van der Waals surface area contributed by atoms with E-state index in [2.05, 4.69) is 10.2 Å². The van der Waals surface area contributed by atoms with E-state index in [9.17, 15) is 15.2 Å². The van der Waals surface area contributed by atoms with Crippen molar-refractivity contribution in [2.75, 3.05) is 0 Å². The highest BCUT2D eigenvalue weighted by Crippen LogP contribution is 2.13. The second-order valence-corrected chi connectivity index (χ2v) is 3.90. The number of para-hydroxylation sites is 1. The van der Waals surface area contributed by atoms with Gasteiger partial charge < -0.3 is 5.11 Å². The van der Waals surface area contributed by atoms with Crippen molar-refractivity contribution < 1.29 is 10.0 Å². The van der Waals surface area contributed by atoms with Gasteiger partial charge in [0.1, 0.15) is 5.75 Å². The van der Waals surface area contributed by atoms with Gasteiger partial charge in [-0.25, -0.2) is 0 Å². The van der Waals surface area contributed by atoms with Crippen LogP contribution in [0.1, 0.15) is 11.1 Å². The topological polar surface area (TPSA) is 88.1 Å². The Morgan fingerprint density at radius 3 is 2.30 bits per heavy atom. The summed E-state index contributed by atoms with van der Waals surface area (Å²) in [6, 6.07) is 12.7. The molecule has 0 heterocycles. The minimum Gasteiger partial charge on any atom is -0.507 e. The Balaban J connectivity index is 2.03. The van der Waals surface area contributed by atoms with E-state index < -0.39 is 4.92 Å². The van der Waals surface area contributed by atoms with Crippen LogP contribution in [0.15, 0.2) is 58.7 Å². The average molecular weight is 269 g/mol. The number of nitrogens with zero attached hydrogens (tertiary/aromatic N) is 3. The molecule has 0 saturated heterocycles. The highest BCUT2D eigenvalue weighted by molar-refractivity contribution is 5.84. The first-order valence-electron chi connectivity index (χ1n) is 5.75. The summed E-state index contributed by atoms with van der Waals surface area (Å²) in [6.07, 6.45) is 2.90. The summed E-state index contributed by atoms with van der Waals surface area (Å²) < 4.78 is 0. The smallest absolute Gasteiger partial charge is 0.269 e. The third-order valence-corrected chi connectivity index (χ3v) is 2.51. The normalized spacial score (nSPS) is 11.2. The number of rotatable bonds is 4. The molecule has 0 unspecified atom stereocenters. The molecule has 20 heavy (non-hydrogen) atoms. The maximum atomic E-state index is 10.5. The number of hydrogen-bond acceptors (Lipinski definition) is 5. The van der Waals surface area contributed by atoms with E-state index in [0.29, 0.717) is 11.1 Å². The number of nitro groups is 1. The highest BCUT2D eigenvalue weighted by Gasteiger charge is 2.02. The molecular weight excluding hydrogens is 258 g/mol. The molecule has 100 valence electrons. The third kappa shape index (κ3) is 3.49. The maximum Gasteiger partial charge on any atom is 0.269 e. The lowest BCUT2D eigenvalue weighted by molar-refractivity contribution is -0.384. The van der Waals surface area contributed by atoms with Crippen molar-refractivity contribution >= 4 is 18.1 Å². The van der Waals surface area contributed by atoms with Gasteiger partial charge >= 0.3 is 0 Å². The molecule has 0 bridgehead atoms. The largest absolute Gasteiger partial charge is 0.507 e. The molecule has 6 heteroatoms. The lowest BCUT2D eigenvalue weighted by Gasteiger charge is -1.94. The van der Waals surface area contributed by atoms with Crippen molar-refractivity contribution in [2.45, 2.75) is 0 Å². The Morgan fingerprint density at radius 2 is 1.65 bits per heavy atom. The van der Waals surface area contributed by atoms with Crippen LogP contribution in [-0.4, -0.2) is 22.5 Å². The van der Waals surface area contributed by atoms with Crippen molar-refractivity contribution in [1.29, 1.82) is 0 Å². The van der Waals surface area contributed by atoms with Crippen LogP contribution < -0.4 is 0 Å². The number of nitro benzene ring substituents is 1. The number of phenolic OH excluding ortho intramolecular Hbond substituents is 1. The van der Waals surface area contributed by atoms with Crippen LogP contribution in [-0.2, 0) is 0 Å². The maximum absolute atomic E-state index is 10.5. The number of aromatic hydroxyl groups is 1. The Labute approximate surface area is 114 Å². The lowest BCUT2D eigenvalue weighted by Crippen LogP contribution is -1.88. The fourth-order valence-electron chi connectivity index (χ4n) is 1.47. The van der Waals surface area contributed by atoms with Gasteiger partial charge in [0.2, 0.25) is 0 Å². The third-order valence-electron chi connectivity index (χ3n) is 2.51. The minimum atomic E-state index is -0.461. The molecule has 0 amide bonds. The summed E-state index contributed by atoms with van der Waals surface area (Å²) in [5.74, 6) is 0.127. The summed E-state index contributed by atoms with van der Waals surface area (Å²) in [4.78, 5) is 10.0. The molecule has 0 aliphatic heterocycles. The zero-order valence-corrected chi connectivity index (χ0v) is 10.4. The van der Waals surface area contributed by atoms with Crippen molar-refractivity contribution in [3.8, 4) is 5.75 Å². The molecule has 0 aliphatic rings. The monoisotopic (exact) mass is 269 g/mol. The van der Waals surface area contributed by atoms with Gasteiger partial charge in [-0.05, 0) is 29.8 Å². The molecule has 0 aromatic heterocycles. The number of phenols is 1. The summed E-state index contributed by atoms with van der Waals surface area (Å²) in [7, 11) is 0. The van der Waals surface area contributed by atoms with Crippen molar-refractivity contribution in [2.24, 2.45) is 10.2 Å². The quantitative estimate of drug-likeness (QED) is 0.525. The Hall–Kier alpha value is -3.02. The van der Waals surface area contributed by atoms with Gasteiger partial charge in [-0.1, -0.05) is 12.1 Å². The molecular formula is C14H11N3O3.